The van der Waals surface area contributed by atoms with Gasteiger partial charge in [-0.1, -0.05) is 6.07 Å². The highest BCUT2D eigenvalue weighted by atomic mass is 32.2. The fourth-order valence-corrected chi connectivity index (χ4v) is 4.43. The van der Waals surface area contributed by atoms with Crippen LogP contribution < -0.4 is 5.73 Å². The molecular formula is C16H18N2O5S. The second-order valence-electron chi connectivity index (χ2n) is 5.87. The summed E-state index contributed by atoms with van der Waals surface area (Å²) in [5.41, 5.74) is 6.03. The molecule has 8 heteroatoms. The van der Waals surface area contributed by atoms with Crippen LogP contribution in [0.4, 0.5) is 0 Å². The zero-order valence-electron chi connectivity index (χ0n) is 13.0. The summed E-state index contributed by atoms with van der Waals surface area (Å²) in [5, 5.41) is 9.03. The Morgan fingerprint density at radius 2 is 2.04 bits per heavy atom. The molecule has 1 aromatic carbocycles. The lowest BCUT2D eigenvalue weighted by Gasteiger charge is -2.16. The summed E-state index contributed by atoms with van der Waals surface area (Å²) < 4.78 is 32.4. The molecule has 1 fully saturated rings. The van der Waals surface area contributed by atoms with E-state index >= 15 is 0 Å². The van der Waals surface area contributed by atoms with Crippen molar-refractivity contribution in [1.82, 2.24) is 4.31 Å². The molecule has 0 amide bonds. The van der Waals surface area contributed by atoms with Gasteiger partial charge < -0.3 is 15.3 Å². The Labute approximate surface area is 139 Å². The van der Waals surface area contributed by atoms with Crippen LogP contribution in [0.2, 0.25) is 0 Å². The van der Waals surface area contributed by atoms with Crippen LogP contribution in [-0.2, 0) is 10.0 Å². The molecule has 0 radical (unpaired) electrons. The summed E-state index contributed by atoms with van der Waals surface area (Å²) in [5.74, 6) is 0.00916. The first kappa shape index (κ1) is 16.7. The number of furan rings is 1. The molecule has 3 rings (SSSR count). The molecule has 128 valence electrons. The third-order valence-electron chi connectivity index (χ3n) is 4.18. The van der Waals surface area contributed by atoms with Crippen molar-refractivity contribution in [3.63, 3.8) is 0 Å². The van der Waals surface area contributed by atoms with Crippen LogP contribution in [0.5, 0.6) is 0 Å². The number of aromatic carboxylic acids is 1. The first-order valence-electron chi connectivity index (χ1n) is 7.44. The summed E-state index contributed by atoms with van der Waals surface area (Å²) in [4.78, 5) is 11.0. The SMILES string of the molecule is Cc1ccc([C@H]2CN(S(=O)(=O)c3cccc(C(=O)O)c3)C[C@@H]2N)o1. The molecule has 1 aliphatic rings. The molecule has 0 bridgehead atoms. The molecule has 7 nitrogen and oxygen atoms in total. The fourth-order valence-electron chi connectivity index (χ4n) is 2.88. The fraction of sp³-hybridized carbons (Fsp3) is 0.312. The van der Waals surface area contributed by atoms with Crippen molar-refractivity contribution in [2.75, 3.05) is 13.1 Å². The molecule has 1 aliphatic heterocycles. The number of carboxylic acid groups (broad SMARTS) is 1. The molecule has 24 heavy (non-hydrogen) atoms. The van der Waals surface area contributed by atoms with Crippen molar-refractivity contribution in [1.29, 1.82) is 0 Å². The van der Waals surface area contributed by atoms with Gasteiger partial charge in [0.05, 0.1) is 10.5 Å². The predicted molar refractivity (Wildman–Crippen MR) is 86.3 cm³/mol. The Kier molecular flexibility index (Phi) is 4.20. The number of nitrogens with two attached hydrogens (primary N) is 1. The van der Waals surface area contributed by atoms with E-state index in [0.717, 1.165) is 11.8 Å². The van der Waals surface area contributed by atoms with Crippen LogP contribution in [-0.4, -0.2) is 42.9 Å². The second-order valence-corrected chi connectivity index (χ2v) is 7.81. The predicted octanol–water partition coefficient (Wildman–Crippen LogP) is 1.40. The Bertz CT molecular complexity index is 874. The lowest BCUT2D eigenvalue weighted by molar-refractivity contribution is 0.0696. The van der Waals surface area contributed by atoms with Crippen LogP contribution in [0.25, 0.3) is 0 Å². The van der Waals surface area contributed by atoms with E-state index in [2.05, 4.69) is 0 Å². The number of carbonyl (C=O) groups is 1. The van der Waals surface area contributed by atoms with Gasteiger partial charge in [-0.3, -0.25) is 0 Å². The van der Waals surface area contributed by atoms with Gasteiger partial charge in [0.25, 0.3) is 0 Å². The normalized spacial score (nSPS) is 21.9. The van der Waals surface area contributed by atoms with Gasteiger partial charge in [-0.15, -0.1) is 0 Å². The van der Waals surface area contributed by atoms with E-state index in [0.29, 0.717) is 5.76 Å². The third kappa shape index (κ3) is 2.95. The van der Waals surface area contributed by atoms with E-state index in [1.807, 2.05) is 13.0 Å². The van der Waals surface area contributed by atoms with Gasteiger partial charge in [0.2, 0.25) is 10.0 Å². The zero-order chi connectivity index (χ0) is 17.5. The van der Waals surface area contributed by atoms with Gasteiger partial charge in [-0.05, 0) is 37.3 Å². The minimum Gasteiger partial charge on any atom is -0.478 e. The maximum atomic E-state index is 12.8. The molecule has 0 saturated carbocycles. The van der Waals surface area contributed by atoms with Crippen molar-refractivity contribution in [3.05, 3.63) is 53.5 Å². The van der Waals surface area contributed by atoms with Gasteiger partial charge in [0.1, 0.15) is 11.5 Å². The largest absolute Gasteiger partial charge is 0.478 e. The van der Waals surface area contributed by atoms with Gasteiger partial charge in [0, 0.05) is 25.0 Å². The van der Waals surface area contributed by atoms with Crippen molar-refractivity contribution in [2.45, 2.75) is 23.8 Å². The Hall–Kier alpha value is -2.16. The summed E-state index contributed by atoms with van der Waals surface area (Å²) in [7, 11) is -3.81. The molecule has 2 atom stereocenters. The van der Waals surface area contributed by atoms with E-state index in [9.17, 15) is 13.2 Å². The lowest BCUT2D eigenvalue weighted by Crippen LogP contribution is -2.32. The van der Waals surface area contributed by atoms with Crippen molar-refractivity contribution >= 4 is 16.0 Å². The first-order valence-corrected chi connectivity index (χ1v) is 8.88. The quantitative estimate of drug-likeness (QED) is 0.861. The zero-order valence-corrected chi connectivity index (χ0v) is 13.9. The number of hydrogen-bond acceptors (Lipinski definition) is 5. The molecule has 1 saturated heterocycles. The van der Waals surface area contributed by atoms with Crippen molar-refractivity contribution in [2.24, 2.45) is 5.73 Å². The van der Waals surface area contributed by atoms with Crippen LogP contribution >= 0.6 is 0 Å². The average molecular weight is 350 g/mol. The molecule has 0 aliphatic carbocycles. The number of aryl methyl sites for hydroxylation is 1. The Balaban J connectivity index is 1.88. The van der Waals surface area contributed by atoms with Crippen LogP contribution in [0.15, 0.2) is 45.7 Å². The summed E-state index contributed by atoms with van der Waals surface area (Å²) in [6.45, 7) is 2.17. The monoisotopic (exact) mass is 350 g/mol. The van der Waals surface area contributed by atoms with Crippen LogP contribution in [0, 0.1) is 6.92 Å². The summed E-state index contributed by atoms with van der Waals surface area (Å²) in [6, 6.07) is 8.56. The minimum atomic E-state index is -3.81. The highest BCUT2D eigenvalue weighted by Crippen LogP contribution is 2.31. The van der Waals surface area contributed by atoms with Gasteiger partial charge in [-0.2, -0.15) is 4.31 Å². The van der Waals surface area contributed by atoms with E-state index in [-0.39, 0.29) is 35.5 Å². The minimum absolute atomic E-state index is 0.0501. The van der Waals surface area contributed by atoms with E-state index in [1.165, 1.54) is 22.5 Å². The third-order valence-corrected chi connectivity index (χ3v) is 6.00. The molecule has 2 aromatic rings. The number of rotatable bonds is 4. The topological polar surface area (TPSA) is 114 Å². The van der Waals surface area contributed by atoms with E-state index in [1.54, 1.807) is 6.07 Å². The van der Waals surface area contributed by atoms with Crippen molar-refractivity contribution < 1.29 is 22.7 Å². The van der Waals surface area contributed by atoms with Crippen LogP contribution in [0.1, 0.15) is 27.8 Å². The summed E-state index contributed by atoms with van der Waals surface area (Å²) in [6.07, 6.45) is 0. The lowest BCUT2D eigenvalue weighted by atomic mass is 10.0. The van der Waals surface area contributed by atoms with E-state index < -0.39 is 16.0 Å². The van der Waals surface area contributed by atoms with Gasteiger partial charge in [0.15, 0.2) is 0 Å². The molecule has 0 spiro atoms. The number of carboxylic acids is 1. The van der Waals surface area contributed by atoms with Gasteiger partial charge in [-0.25, -0.2) is 13.2 Å². The van der Waals surface area contributed by atoms with E-state index in [4.69, 9.17) is 15.3 Å². The number of benzene rings is 1. The number of hydrogen-bond donors (Lipinski definition) is 2. The van der Waals surface area contributed by atoms with Crippen LogP contribution in [0.3, 0.4) is 0 Å². The standard InChI is InChI=1S/C16H18N2O5S/c1-10-5-6-15(23-10)13-8-18(9-14(13)17)24(21,22)12-4-2-3-11(7-12)16(19)20/h2-7,13-14H,8-9,17H2,1H3,(H,19,20)/t13-,14-/m0/s1. The smallest absolute Gasteiger partial charge is 0.335 e. The average Bonchev–Trinajstić information content (AvgIpc) is 3.13. The molecular weight excluding hydrogens is 332 g/mol. The summed E-state index contributed by atoms with van der Waals surface area (Å²) >= 11 is 0. The highest BCUT2D eigenvalue weighted by Gasteiger charge is 2.39. The molecule has 0 unspecified atom stereocenters. The maximum absolute atomic E-state index is 12.8. The number of nitrogens with zero attached hydrogens (tertiary/aromatic N) is 1. The first-order chi connectivity index (χ1) is 11.3. The molecule has 1 aromatic heterocycles. The second kappa shape index (κ2) is 6.04. The number of sulfonamides is 1. The highest BCUT2D eigenvalue weighted by molar-refractivity contribution is 7.89. The van der Waals surface area contributed by atoms with Gasteiger partial charge >= 0.3 is 5.97 Å². The molecule has 3 N–H and O–H groups in total. The Morgan fingerprint density at radius 3 is 2.67 bits per heavy atom. The molecule has 2 heterocycles. The maximum Gasteiger partial charge on any atom is 0.335 e. The Morgan fingerprint density at radius 1 is 1.29 bits per heavy atom. The van der Waals surface area contributed by atoms with Crippen molar-refractivity contribution in [3.8, 4) is 0 Å².